The summed E-state index contributed by atoms with van der Waals surface area (Å²) in [6, 6.07) is 8.16. The summed E-state index contributed by atoms with van der Waals surface area (Å²) in [4.78, 5) is 13.6. The maximum atomic E-state index is 5.41. The fourth-order valence-corrected chi connectivity index (χ4v) is 3.28. The van der Waals surface area contributed by atoms with Gasteiger partial charge in [-0.15, -0.1) is 0 Å². The number of fused-ring (bicyclic) bond motifs is 6. The van der Waals surface area contributed by atoms with Gasteiger partial charge in [-0.2, -0.15) is 4.98 Å². The summed E-state index contributed by atoms with van der Waals surface area (Å²) < 4.78 is 9.48. The molecule has 0 unspecified atom stereocenters. The summed E-state index contributed by atoms with van der Waals surface area (Å²) in [7, 11) is 0. The topological polar surface area (TPSA) is 73.5 Å². The Morgan fingerprint density at radius 1 is 1.08 bits per heavy atom. The van der Waals surface area contributed by atoms with E-state index in [-0.39, 0.29) is 0 Å². The Bertz CT molecular complexity index is 1230. The highest BCUT2D eigenvalue weighted by atomic mass is 16.5. The lowest BCUT2D eigenvalue weighted by molar-refractivity contribution is 0.380. The van der Waals surface area contributed by atoms with Crippen LogP contribution in [0.3, 0.4) is 0 Å². The van der Waals surface area contributed by atoms with Crippen molar-refractivity contribution >= 4 is 22.2 Å². The van der Waals surface area contributed by atoms with Gasteiger partial charge in [0.25, 0.3) is 0 Å². The smallest absolute Gasteiger partial charge is 0.230 e. The Hall–Kier alpha value is -3.22. The molecule has 1 aliphatic carbocycles. The lowest BCUT2D eigenvalue weighted by atomic mass is 10.2. The SMILES string of the molecule is c1ccc2c(c1)c1nccn1c1c(-c3noc(C4CC4)n3)ncn21. The van der Waals surface area contributed by atoms with Crippen LogP contribution in [0.25, 0.3) is 33.7 Å². The Morgan fingerprint density at radius 3 is 2.92 bits per heavy atom. The van der Waals surface area contributed by atoms with E-state index in [9.17, 15) is 0 Å². The van der Waals surface area contributed by atoms with Gasteiger partial charge in [0.05, 0.1) is 5.52 Å². The molecule has 0 saturated heterocycles. The second kappa shape index (κ2) is 4.19. The molecule has 0 spiro atoms. The summed E-state index contributed by atoms with van der Waals surface area (Å²) in [6.45, 7) is 0. The molecule has 0 aliphatic heterocycles. The van der Waals surface area contributed by atoms with Gasteiger partial charge in [-0.05, 0) is 25.0 Å². The standard InChI is InChI=1S/C17H12N6O/c1-2-4-12-11(3-1)15-18-7-8-22(15)17-13(19-9-23(12)17)14-20-16(24-21-14)10-5-6-10/h1-4,7-10H,5-6H2. The molecule has 0 atom stereocenters. The molecule has 0 bridgehead atoms. The molecule has 1 aromatic carbocycles. The Balaban J connectivity index is 1.73. The van der Waals surface area contributed by atoms with Crippen molar-refractivity contribution in [2.24, 2.45) is 0 Å². The molecule has 4 aromatic heterocycles. The van der Waals surface area contributed by atoms with E-state index in [0.29, 0.717) is 23.3 Å². The number of rotatable bonds is 2. The van der Waals surface area contributed by atoms with Crippen molar-refractivity contribution in [2.75, 3.05) is 0 Å². The normalized spacial score (nSPS) is 15.0. The van der Waals surface area contributed by atoms with E-state index >= 15 is 0 Å². The van der Waals surface area contributed by atoms with E-state index in [0.717, 1.165) is 35.0 Å². The third-order valence-corrected chi connectivity index (χ3v) is 4.60. The summed E-state index contributed by atoms with van der Waals surface area (Å²) in [5.74, 6) is 1.67. The first-order valence-electron chi connectivity index (χ1n) is 7.95. The monoisotopic (exact) mass is 316 g/mol. The third-order valence-electron chi connectivity index (χ3n) is 4.60. The lowest BCUT2D eigenvalue weighted by Crippen LogP contribution is -1.97. The van der Waals surface area contributed by atoms with Gasteiger partial charge in [-0.3, -0.25) is 8.80 Å². The van der Waals surface area contributed by atoms with E-state index in [1.807, 2.05) is 27.1 Å². The zero-order valence-electron chi connectivity index (χ0n) is 12.6. The van der Waals surface area contributed by atoms with Gasteiger partial charge in [0.1, 0.15) is 12.0 Å². The van der Waals surface area contributed by atoms with Gasteiger partial charge in [0, 0.05) is 23.7 Å². The predicted molar refractivity (Wildman–Crippen MR) is 86.7 cm³/mol. The number of para-hydroxylation sites is 1. The van der Waals surface area contributed by atoms with Crippen molar-refractivity contribution in [2.45, 2.75) is 18.8 Å². The van der Waals surface area contributed by atoms with Gasteiger partial charge < -0.3 is 4.52 Å². The van der Waals surface area contributed by atoms with Crippen molar-refractivity contribution < 1.29 is 4.52 Å². The summed E-state index contributed by atoms with van der Waals surface area (Å²) in [5, 5.41) is 5.22. The molecular formula is C17H12N6O. The molecule has 1 saturated carbocycles. The van der Waals surface area contributed by atoms with Crippen LogP contribution in [-0.4, -0.2) is 28.9 Å². The van der Waals surface area contributed by atoms with E-state index in [2.05, 4.69) is 32.2 Å². The molecule has 0 radical (unpaired) electrons. The first kappa shape index (κ1) is 12.2. The van der Waals surface area contributed by atoms with Gasteiger partial charge >= 0.3 is 0 Å². The zero-order chi connectivity index (χ0) is 15.7. The van der Waals surface area contributed by atoms with Crippen molar-refractivity contribution in [3.8, 4) is 11.5 Å². The summed E-state index contributed by atoms with van der Waals surface area (Å²) >= 11 is 0. The van der Waals surface area contributed by atoms with E-state index in [1.165, 1.54) is 0 Å². The number of hydrogen-bond acceptors (Lipinski definition) is 5. The maximum Gasteiger partial charge on any atom is 0.230 e. The van der Waals surface area contributed by atoms with E-state index in [4.69, 9.17) is 4.52 Å². The molecule has 7 nitrogen and oxygen atoms in total. The van der Waals surface area contributed by atoms with E-state index < -0.39 is 0 Å². The first-order chi connectivity index (χ1) is 11.9. The Labute approximate surface area is 135 Å². The average Bonchev–Trinajstić information content (AvgIpc) is 3.05. The quantitative estimate of drug-likeness (QED) is 0.500. The van der Waals surface area contributed by atoms with Crippen LogP contribution in [-0.2, 0) is 0 Å². The minimum absolute atomic E-state index is 0.425. The fourth-order valence-electron chi connectivity index (χ4n) is 3.28. The minimum Gasteiger partial charge on any atom is -0.339 e. The number of nitrogens with zero attached hydrogens (tertiary/aromatic N) is 6. The van der Waals surface area contributed by atoms with Crippen LogP contribution in [0.2, 0.25) is 0 Å². The molecule has 1 aliphatic rings. The number of benzene rings is 1. The summed E-state index contributed by atoms with van der Waals surface area (Å²) in [5.41, 5.74) is 3.55. The highest BCUT2D eigenvalue weighted by Gasteiger charge is 2.30. The van der Waals surface area contributed by atoms with Crippen LogP contribution in [0.1, 0.15) is 24.7 Å². The van der Waals surface area contributed by atoms with Crippen LogP contribution >= 0.6 is 0 Å². The second-order valence-electron chi connectivity index (χ2n) is 6.16. The van der Waals surface area contributed by atoms with Crippen molar-refractivity contribution in [3.05, 3.63) is 48.9 Å². The van der Waals surface area contributed by atoms with Crippen LogP contribution in [0.15, 0.2) is 47.5 Å². The van der Waals surface area contributed by atoms with Gasteiger partial charge in [-0.25, -0.2) is 9.97 Å². The highest BCUT2D eigenvalue weighted by molar-refractivity contribution is 5.95. The molecule has 4 heterocycles. The van der Waals surface area contributed by atoms with Crippen molar-refractivity contribution in [1.82, 2.24) is 28.9 Å². The number of hydrogen-bond donors (Lipinski definition) is 0. The predicted octanol–water partition coefficient (Wildman–Crippen LogP) is 3.06. The van der Waals surface area contributed by atoms with Gasteiger partial charge in [0.15, 0.2) is 11.3 Å². The Kier molecular flexibility index (Phi) is 2.14. The molecular weight excluding hydrogens is 304 g/mol. The molecule has 1 fully saturated rings. The maximum absolute atomic E-state index is 5.41. The first-order valence-corrected chi connectivity index (χ1v) is 7.95. The van der Waals surface area contributed by atoms with Crippen molar-refractivity contribution in [3.63, 3.8) is 0 Å². The highest BCUT2D eigenvalue weighted by Crippen LogP contribution is 2.39. The molecule has 7 heteroatoms. The number of imidazole rings is 2. The fraction of sp³-hybridized carbons (Fsp3) is 0.176. The largest absolute Gasteiger partial charge is 0.339 e. The minimum atomic E-state index is 0.425. The second-order valence-corrected chi connectivity index (χ2v) is 6.16. The van der Waals surface area contributed by atoms with Crippen molar-refractivity contribution in [1.29, 1.82) is 0 Å². The number of aromatic nitrogens is 6. The molecule has 24 heavy (non-hydrogen) atoms. The van der Waals surface area contributed by atoms with Gasteiger partial charge in [0.2, 0.25) is 11.7 Å². The third kappa shape index (κ3) is 1.51. The lowest BCUT2D eigenvalue weighted by Gasteiger charge is -2.06. The molecule has 6 rings (SSSR count). The molecule has 5 aromatic rings. The van der Waals surface area contributed by atoms with Crippen LogP contribution in [0.5, 0.6) is 0 Å². The molecule has 0 N–H and O–H groups in total. The molecule has 116 valence electrons. The molecule has 0 amide bonds. The zero-order valence-corrected chi connectivity index (χ0v) is 12.6. The van der Waals surface area contributed by atoms with E-state index in [1.54, 1.807) is 12.5 Å². The summed E-state index contributed by atoms with van der Waals surface area (Å²) in [6.07, 6.45) is 7.79. The van der Waals surface area contributed by atoms with Gasteiger partial charge in [-0.1, -0.05) is 17.3 Å². The van der Waals surface area contributed by atoms with Crippen LogP contribution < -0.4 is 0 Å². The Morgan fingerprint density at radius 2 is 2.00 bits per heavy atom. The average molecular weight is 316 g/mol. The van der Waals surface area contributed by atoms with Crippen LogP contribution in [0.4, 0.5) is 0 Å². The van der Waals surface area contributed by atoms with Crippen LogP contribution in [0, 0.1) is 0 Å².